The van der Waals surface area contributed by atoms with Crippen LogP contribution in [-0.2, 0) is 11.3 Å². The summed E-state index contributed by atoms with van der Waals surface area (Å²) in [4.78, 5) is 26.9. The van der Waals surface area contributed by atoms with Gasteiger partial charge in [-0.15, -0.1) is 0 Å². The van der Waals surface area contributed by atoms with Crippen LogP contribution in [0.15, 0.2) is 35.4 Å². The molecule has 10 heteroatoms. The molecule has 0 bridgehead atoms. The lowest BCUT2D eigenvalue weighted by Gasteiger charge is -2.26. The summed E-state index contributed by atoms with van der Waals surface area (Å²) in [7, 11) is 1.57. The first-order valence-corrected chi connectivity index (χ1v) is 12.4. The third-order valence-electron chi connectivity index (χ3n) is 5.74. The number of hydrogen-bond donors (Lipinski definition) is 3. The first-order chi connectivity index (χ1) is 17.4. The van der Waals surface area contributed by atoms with Crippen LogP contribution < -0.4 is 20.9 Å². The summed E-state index contributed by atoms with van der Waals surface area (Å²) >= 11 is 0. The summed E-state index contributed by atoms with van der Waals surface area (Å²) < 4.78 is 12.5. The van der Waals surface area contributed by atoms with Crippen molar-refractivity contribution in [2.75, 3.05) is 51.9 Å². The number of ether oxygens (including phenoxy) is 2. The highest BCUT2D eigenvalue weighted by Gasteiger charge is 2.20. The van der Waals surface area contributed by atoms with Gasteiger partial charge in [0.1, 0.15) is 0 Å². The molecule has 3 heterocycles. The van der Waals surface area contributed by atoms with Crippen molar-refractivity contribution in [1.82, 2.24) is 24.8 Å². The van der Waals surface area contributed by atoms with Gasteiger partial charge in [-0.3, -0.25) is 9.36 Å². The summed E-state index contributed by atoms with van der Waals surface area (Å²) in [6, 6.07) is 5.61. The second-order valence-corrected chi connectivity index (χ2v) is 9.46. The van der Waals surface area contributed by atoms with Crippen LogP contribution in [0.4, 0.5) is 5.82 Å². The molecule has 0 aliphatic rings. The molecule has 3 aromatic heterocycles. The van der Waals surface area contributed by atoms with Gasteiger partial charge in [0.15, 0.2) is 11.5 Å². The van der Waals surface area contributed by atoms with Crippen LogP contribution in [0.1, 0.15) is 33.6 Å². The quantitative estimate of drug-likeness (QED) is 0.271. The van der Waals surface area contributed by atoms with E-state index in [-0.39, 0.29) is 23.4 Å². The Kier molecular flexibility index (Phi) is 10.2. The Hall–Kier alpha value is -3.08. The number of nitrogens with zero attached hydrogens (tertiary/aromatic N) is 4. The zero-order valence-electron chi connectivity index (χ0n) is 21.7. The van der Waals surface area contributed by atoms with Gasteiger partial charge in [0, 0.05) is 62.4 Å². The fourth-order valence-electron chi connectivity index (χ4n) is 3.71. The van der Waals surface area contributed by atoms with Crippen molar-refractivity contribution in [2.45, 2.75) is 40.2 Å². The van der Waals surface area contributed by atoms with Crippen LogP contribution in [0.5, 0.6) is 5.88 Å². The smallest absolute Gasteiger partial charge is 0.293 e. The van der Waals surface area contributed by atoms with Gasteiger partial charge in [-0.1, -0.05) is 20.8 Å². The Morgan fingerprint density at radius 1 is 1.11 bits per heavy atom. The second-order valence-electron chi connectivity index (χ2n) is 9.46. The van der Waals surface area contributed by atoms with Crippen molar-refractivity contribution in [2.24, 2.45) is 5.41 Å². The number of anilines is 1. The van der Waals surface area contributed by atoms with Crippen LogP contribution >= 0.6 is 0 Å². The third-order valence-corrected chi connectivity index (χ3v) is 5.74. The number of aliphatic hydroxyl groups excluding tert-OH is 1. The van der Waals surface area contributed by atoms with Gasteiger partial charge in [0.2, 0.25) is 5.88 Å². The molecule has 0 radical (unpaired) electrons. The molecule has 0 aliphatic carbocycles. The van der Waals surface area contributed by atoms with Gasteiger partial charge in [-0.05, 0) is 36.9 Å². The maximum absolute atomic E-state index is 13.5. The van der Waals surface area contributed by atoms with E-state index in [1.54, 1.807) is 30.1 Å². The van der Waals surface area contributed by atoms with E-state index < -0.39 is 0 Å². The van der Waals surface area contributed by atoms with Crippen molar-refractivity contribution in [3.05, 3.63) is 40.9 Å². The van der Waals surface area contributed by atoms with Gasteiger partial charge < -0.3 is 25.2 Å². The van der Waals surface area contributed by atoms with Gasteiger partial charge in [-0.2, -0.15) is 0 Å². The minimum atomic E-state index is -0.210. The minimum Gasteiger partial charge on any atom is -0.481 e. The third kappa shape index (κ3) is 7.46. The van der Waals surface area contributed by atoms with Crippen molar-refractivity contribution < 1.29 is 14.6 Å². The first-order valence-electron chi connectivity index (χ1n) is 12.4. The zero-order chi connectivity index (χ0) is 26.0. The van der Waals surface area contributed by atoms with Gasteiger partial charge in [-0.25, -0.2) is 15.0 Å². The van der Waals surface area contributed by atoms with E-state index in [1.165, 1.54) is 0 Å². The van der Waals surface area contributed by atoms with Crippen molar-refractivity contribution in [3.63, 3.8) is 0 Å². The number of fused-ring (bicyclic) bond motifs is 1. The second kappa shape index (κ2) is 13.3. The van der Waals surface area contributed by atoms with Gasteiger partial charge in [0.05, 0.1) is 19.2 Å². The number of nitrogens with one attached hydrogen (secondary N) is 2. The largest absolute Gasteiger partial charge is 0.481 e. The number of hydrogen-bond acceptors (Lipinski definition) is 9. The number of pyridine rings is 2. The molecule has 0 spiro atoms. The molecular weight excluding hydrogens is 460 g/mol. The molecule has 0 atom stereocenters. The lowest BCUT2D eigenvalue weighted by Crippen LogP contribution is -2.37. The summed E-state index contributed by atoms with van der Waals surface area (Å²) in [5.74, 6) is 0.800. The minimum absolute atomic E-state index is 0.133. The summed E-state index contributed by atoms with van der Waals surface area (Å²) in [5, 5.41) is 15.6. The molecule has 0 amide bonds. The molecule has 0 saturated carbocycles. The molecule has 3 rings (SSSR count). The predicted molar refractivity (Wildman–Crippen MR) is 142 cm³/mol. The van der Waals surface area contributed by atoms with Crippen LogP contribution in [-0.4, -0.2) is 71.2 Å². The fourth-order valence-corrected chi connectivity index (χ4v) is 3.71. The van der Waals surface area contributed by atoms with Crippen molar-refractivity contribution in [3.8, 4) is 17.0 Å². The summed E-state index contributed by atoms with van der Waals surface area (Å²) in [6.45, 7) is 9.92. The molecule has 10 nitrogen and oxygen atoms in total. The molecule has 196 valence electrons. The van der Waals surface area contributed by atoms with Crippen LogP contribution in [0.3, 0.4) is 0 Å². The van der Waals surface area contributed by atoms with E-state index in [4.69, 9.17) is 14.6 Å². The maximum atomic E-state index is 13.5. The van der Waals surface area contributed by atoms with E-state index in [9.17, 15) is 4.79 Å². The van der Waals surface area contributed by atoms with Crippen molar-refractivity contribution in [1.29, 1.82) is 0 Å². The highest BCUT2D eigenvalue weighted by molar-refractivity contribution is 5.78. The monoisotopic (exact) mass is 498 g/mol. The number of aromatic nitrogens is 4. The molecule has 3 aromatic rings. The van der Waals surface area contributed by atoms with E-state index in [0.717, 1.165) is 30.6 Å². The lowest BCUT2D eigenvalue weighted by molar-refractivity contribution is 0.127. The molecular formula is C26H38N6O4. The Morgan fingerprint density at radius 3 is 2.61 bits per heavy atom. The number of rotatable bonds is 15. The molecule has 0 aliphatic heterocycles. The molecule has 0 fully saturated rings. The molecule has 0 unspecified atom stereocenters. The Labute approximate surface area is 212 Å². The maximum Gasteiger partial charge on any atom is 0.293 e. The highest BCUT2D eigenvalue weighted by Crippen LogP contribution is 2.23. The van der Waals surface area contributed by atoms with Crippen LogP contribution in [0, 0.1) is 5.41 Å². The predicted octanol–water partition coefficient (Wildman–Crippen LogP) is 2.70. The first kappa shape index (κ1) is 27.5. The van der Waals surface area contributed by atoms with E-state index in [2.05, 4.69) is 46.4 Å². The number of aliphatic hydroxyl groups is 1. The Balaban J connectivity index is 1.90. The van der Waals surface area contributed by atoms with E-state index >= 15 is 0 Å². The topological polar surface area (TPSA) is 123 Å². The van der Waals surface area contributed by atoms with E-state index in [1.807, 2.05) is 12.1 Å². The Morgan fingerprint density at radius 2 is 1.92 bits per heavy atom. The average Bonchev–Trinajstić information content (AvgIpc) is 2.89. The van der Waals surface area contributed by atoms with Crippen LogP contribution in [0.2, 0.25) is 0 Å². The van der Waals surface area contributed by atoms with Crippen LogP contribution in [0.25, 0.3) is 22.3 Å². The number of methoxy groups -OCH3 is 1. The zero-order valence-corrected chi connectivity index (χ0v) is 21.7. The molecule has 36 heavy (non-hydrogen) atoms. The lowest BCUT2D eigenvalue weighted by atomic mass is 9.93. The standard InChI is InChI=1S/C26H38N6O4/c1-5-12-36-13-10-32-21-14-20(19-7-8-22(35-4)28-15-19)16-29-23(21)31-24(25(32)34)30-18-26(2,3)17-27-9-6-11-33/h7-8,14-16,27,33H,5-6,9-13,17-18H2,1-4H3,(H,29,30,31). The highest BCUT2D eigenvalue weighted by atomic mass is 16.5. The SMILES string of the molecule is CCCOCCn1c(=O)c(NCC(C)(C)CNCCCO)nc2ncc(-c3ccc(OC)nc3)cc21. The normalized spacial score (nSPS) is 11.7. The van der Waals surface area contributed by atoms with Gasteiger partial charge >= 0.3 is 0 Å². The molecule has 3 N–H and O–H groups in total. The summed E-state index contributed by atoms with van der Waals surface area (Å²) in [6.07, 6.45) is 5.08. The fraction of sp³-hybridized carbons (Fsp3) is 0.538. The average molecular weight is 499 g/mol. The molecule has 0 saturated heterocycles. The molecule has 0 aromatic carbocycles. The summed E-state index contributed by atoms with van der Waals surface area (Å²) in [5.41, 5.74) is 2.48. The van der Waals surface area contributed by atoms with Gasteiger partial charge in [0.25, 0.3) is 5.56 Å². The van der Waals surface area contributed by atoms with E-state index in [0.29, 0.717) is 49.8 Å². The Bertz CT molecular complexity index is 1160. The van der Waals surface area contributed by atoms with Crippen molar-refractivity contribution >= 4 is 17.0 Å².